The third-order valence-electron chi connectivity index (χ3n) is 4.44. The predicted octanol–water partition coefficient (Wildman–Crippen LogP) is 2.40. The van der Waals surface area contributed by atoms with E-state index in [1.54, 1.807) is 6.07 Å². The average Bonchev–Trinajstić information content (AvgIpc) is 3.35. The molecule has 3 rings (SSSR count). The van der Waals surface area contributed by atoms with Crippen molar-refractivity contribution < 1.29 is 24.0 Å². The molecule has 0 spiro atoms. The average molecular weight is 361 g/mol. The van der Waals surface area contributed by atoms with E-state index in [0.717, 1.165) is 18.5 Å². The van der Waals surface area contributed by atoms with Crippen molar-refractivity contribution in [2.75, 3.05) is 26.8 Å². The molecule has 0 atom stereocenters. The topological polar surface area (TPSA) is 106 Å². The van der Waals surface area contributed by atoms with Gasteiger partial charge in [-0.25, -0.2) is 4.98 Å². The summed E-state index contributed by atoms with van der Waals surface area (Å²) >= 11 is 0. The van der Waals surface area contributed by atoms with Crippen LogP contribution in [0.1, 0.15) is 60.3 Å². The Bertz CT molecular complexity index is 826. The maximum Gasteiger partial charge on any atom is 0.323 e. The minimum Gasteiger partial charge on any atom is -0.480 e. The Labute approximate surface area is 151 Å². The second-order valence-electron chi connectivity index (χ2n) is 6.88. The molecule has 1 aliphatic carbocycles. The Morgan fingerprint density at radius 3 is 2.73 bits per heavy atom. The third-order valence-corrected chi connectivity index (χ3v) is 4.44. The molecule has 2 aromatic rings. The molecule has 0 unspecified atom stereocenters. The Hall–Kier alpha value is -2.48. The van der Waals surface area contributed by atoms with Gasteiger partial charge in [0.2, 0.25) is 0 Å². The Kier molecular flexibility index (Phi) is 5.22. The number of aliphatic carboxylic acids is 1. The van der Waals surface area contributed by atoms with Crippen LogP contribution in [-0.4, -0.2) is 58.8 Å². The van der Waals surface area contributed by atoms with Crippen molar-refractivity contribution >= 4 is 23.0 Å². The quantitative estimate of drug-likeness (QED) is 0.769. The van der Waals surface area contributed by atoms with Crippen molar-refractivity contribution in [1.29, 1.82) is 0 Å². The van der Waals surface area contributed by atoms with Crippen molar-refractivity contribution in [3.05, 3.63) is 23.0 Å². The van der Waals surface area contributed by atoms with E-state index in [1.165, 1.54) is 12.0 Å². The highest BCUT2D eigenvalue weighted by Crippen LogP contribution is 2.41. The molecule has 1 N–H and O–H groups in total. The number of hydrogen-bond acceptors (Lipinski definition) is 6. The number of methoxy groups -OCH3 is 1. The Balaban J connectivity index is 2.08. The number of nitrogens with zero attached hydrogens (tertiary/aromatic N) is 3. The molecule has 0 aromatic carbocycles. The van der Waals surface area contributed by atoms with Crippen LogP contribution in [0.5, 0.6) is 0 Å². The van der Waals surface area contributed by atoms with Gasteiger partial charge in [-0.15, -0.1) is 0 Å². The summed E-state index contributed by atoms with van der Waals surface area (Å²) in [6, 6.07) is 1.77. The zero-order chi connectivity index (χ0) is 18.8. The van der Waals surface area contributed by atoms with Crippen LogP contribution in [-0.2, 0) is 9.53 Å². The number of aromatic nitrogens is 2. The molecule has 0 bridgehead atoms. The second-order valence-corrected chi connectivity index (χ2v) is 6.88. The van der Waals surface area contributed by atoms with E-state index < -0.39 is 12.5 Å². The van der Waals surface area contributed by atoms with Crippen LogP contribution in [0.15, 0.2) is 10.6 Å². The summed E-state index contributed by atoms with van der Waals surface area (Å²) in [7, 11) is 1.51. The molecular weight excluding hydrogens is 338 g/mol. The van der Waals surface area contributed by atoms with Gasteiger partial charge in [-0.3, -0.25) is 9.59 Å². The summed E-state index contributed by atoms with van der Waals surface area (Å²) in [6.07, 6.45) is 2.06. The van der Waals surface area contributed by atoms with E-state index in [9.17, 15) is 14.7 Å². The molecule has 26 heavy (non-hydrogen) atoms. The fraction of sp³-hybridized carbons (Fsp3) is 0.556. The molecule has 0 radical (unpaired) electrons. The lowest BCUT2D eigenvalue weighted by atomic mass is 10.0. The minimum atomic E-state index is -1.07. The van der Waals surface area contributed by atoms with Gasteiger partial charge in [0.05, 0.1) is 23.3 Å². The molecule has 1 aliphatic rings. The van der Waals surface area contributed by atoms with Crippen LogP contribution in [0.2, 0.25) is 0 Å². The highest BCUT2D eigenvalue weighted by molar-refractivity contribution is 6.07. The third kappa shape index (κ3) is 3.70. The van der Waals surface area contributed by atoms with Gasteiger partial charge in [-0.05, 0) is 24.8 Å². The smallest absolute Gasteiger partial charge is 0.323 e. The maximum absolute atomic E-state index is 13.2. The van der Waals surface area contributed by atoms with Crippen LogP contribution >= 0.6 is 0 Å². The molecular formula is C18H23N3O5. The zero-order valence-electron chi connectivity index (χ0n) is 15.2. The molecule has 1 amide bonds. The van der Waals surface area contributed by atoms with Crippen molar-refractivity contribution in [3.63, 3.8) is 0 Å². The summed E-state index contributed by atoms with van der Waals surface area (Å²) in [5.41, 5.74) is 2.19. The van der Waals surface area contributed by atoms with E-state index >= 15 is 0 Å². The summed E-state index contributed by atoms with van der Waals surface area (Å²) in [6.45, 7) is 3.96. The van der Waals surface area contributed by atoms with Crippen molar-refractivity contribution in [1.82, 2.24) is 15.0 Å². The summed E-state index contributed by atoms with van der Waals surface area (Å²) < 4.78 is 10.4. The Morgan fingerprint density at radius 2 is 2.15 bits per heavy atom. The first-order valence-electron chi connectivity index (χ1n) is 8.72. The predicted molar refractivity (Wildman–Crippen MR) is 93.3 cm³/mol. The first-order valence-corrected chi connectivity index (χ1v) is 8.72. The summed E-state index contributed by atoms with van der Waals surface area (Å²) in [4.78, 5) is 30.2. The van der Waals surface area contributed by atoms with E-state index in [0.29, 0.717) is 28.3 Å². The van der Waals surface area contributed by atoms with Gasteiger partial charge in [0.15, 0.2) is 0 Å². The first kappa shape index (κ1) is 18.3. The highest BCUT2D eigenvalue weighted by atomic mass is 16.5. The highest BCUT2D eigenvalue weighted by Gasteiger charge is 2.31. The van der Waals surface area contributed by atoms with Crippen LogP contribution in [0.25, 0.3) is 11.1 Å². The minimum absolute atomic E-state index is 0.0447. The number of amides is 1. The molecule has 0 saturated heterocycles. The number of carboxylic acids is 1. The van der Waals surface area contributed by atoms with E-state index in [4.69, 9.17) is 9.26 Å². The van der Waals surface area contributed by atoms with E-state index in [-0.39, 0.29) is 25.0 Å². The van der Waals surface area contributed by atoms with Crippen LogP contribution in [0.4, 0.5) is 0 Å². The zero-order valence-corrected chi connectivity index (χ0v) is 15.2. The van der Waals surface area contributed by atoms with Gasteiger partial charge in [0.25, 0.3) is 11.6 Å². The van der Waals surface area contributed by atoms with Gasteiger partial charge in [-0.1, -0.05) is 19.0 Å². The van der Waals surface area contributed by atoms with Crippen molar-refractivity contribution in [3.8, 4) is 0 Å². The molecule has 140 valence electrons. The molecule has 8 heteroatoms. The van der Waals surface area contributed by atoms with Gasteiger partial charge in [-0.2, -0.15) is 0 Å². The lowest BCUT2D eigenvalue weighted by Crippen LogP contribution is -2.38. The Morgan fingerprint density at radius 1 is 1.42 bits per heavy atom. The first-order chi connectivity index (χ1) is 12.4. The SMILES string of the molecule is COCCN(CC(=O)O)C(=O)c1cc(C2CC2)nc2onc(C(C)C)c12. The number of carbonyl (C=O) groups excluding carboxylic acids is 1. The number of fused-ring (bicyclic) bond motifs is 1. The monoisotopic (exact) mass is 361 g/mol. The van der Waals surface area contributed by atoms with Gasteiger partial charge < -0.3 is 19.3 Å². The molecule has 8 nitrogen and oxygen atoms in total. The molecule has 1 saturated carbocycles. The number of hydrogen-bond donors (Lipinski definition) is 1. The molecule has 1 fully saturated rings. The standard InChI is InChI=1S/C18H23N3O5/c1-10(2)16-15-12(18(24)21(6-7-25-3)9-14(22)23)8-13(11-4-5-11)19-17(15)26-20-16/h8,10-11H,4-7,9H2,1-3H3,(H,22,23). The molecule has 2 aromatic heterocycles. The summed E-state index contributed by atoms with van der Waals surface area (Å²) in [5.74, 6) is -1.07. The van der Waals surface area contributed by atoms with Gasteiger partial charge in [0, 0.05) is 25.3 Å². The number of ether oxygens (including phenoxy) is 1. The molecule has 2 heterocycles. The largest absolute Gasteiger partial charge is 0.480 e. The number of rotatable bonds is 8. The van der Waals surface area contributed by atoms with Gasteiger partial charge in [0.1, 0.15) is 6.54 Å². The normalized spacial score (nSPS) is 14.2. The fourth-order valence-corrected chi connectivity index (χ4v) is 2.93. The van der Waals surface area contributed by atoms with Crippen LogP contribution < -0.4 is 0 Å². The van der Waals surface area contributed by atoms with E-state index in [2.05, 4.69) is 10.1 Å². The van der Waals surface area contributed by atoms with Crippen LogP contribution in [0.3, 0.4) is 0 Å². The van der Waals surface area contributed by atoms with Gasteiger partial charge >= 0.3 is 5.97 Å². The number of carbonyl (C=O) groups is 2. The van der Waals surface area contributed by atoms with E-state index in [1.807, 2.05) is 13.8 Å². The van der Waals surface area contributed by atoms with Crippen LogP contribution in [0, 0.1) is 0 Å². The summed E-state index contributed by atoms with van der Waals surface area (Å²) in [5, 5.41) is 13.8. The maximum atomic E-state index is 13.2. The molecule has 0 aliphatic heterocycles. The lowest BCUT2D eigenvalue weighted by molar-refractivity contribution is -0.137. The van der Waals surface area contributed by atoms with Crippen molar-refractivity contribution in [2.24, 2.45) is 0 Å². The second kappa shape index (κ2) is 7.41. The number of pyridine rings is 1. The lowest BCUT2D eigenvalue weighted by Gasteiger charge is -2.21. The number of carboxylic acid groups (broad SMARTS) is 1. The van der Waals surface area contributed by atoms with Crippen molar-refractivity contribution in [2.45, 2.75) is 38.5 Å². The fourth-order valence-electron chi connectivity index (χ4n) is 2.93.